The molecule has 1 aliphatic rings. The van der Waals surface area contributed by atoms with Crippen molar-refractivity contribution in [2.45, 2.75) is 45.7 Å². The Hall–Kier alpha value is -1.02. The van der Waals surface area contributed by atoms with E-state index in [1.165, 1.54) is 12.0 Å². The molecule has 1 saturated carbocycles. The van der Waals surface area contributed by atoms with Crippen LogP contribution >= 0.6 is 0 Å². The molecule has 1 aromatic carbocycles. The van der Waals surface area contributed by atoms with Gasteiger partial charge in [-0.15, -0.1) is 0 Å². The lowest BCUT2D eigenvalue weighted by atomic mass is 10.0. The molecule has 2 unspecified atom stereocenters. The van der Waals surface area contributed by atoms with E-state index in [0.717, 1.165) is 6.42 Å². The molecule has 0 aromatic heterocycles. The average molecular weight is 219 g/mol. The van der Waals surface area contributed by atoms with Crippen LogP contribution in [0.2, 0.25) is 0 Å². The topological polar surface area (TPSA) is 32.3 Å². The van der Waals surface area contributed by atoms with Gasteiger partial charge in [-0.25, -0.2) is 0 Å². The highest BCUT2D eigenvalue weighted by Crippen LogP contribution is 2.46. The van der Waals surface area contributed by atoms with Crippen LogP contribution in [0.15, 0.2) is 24.3 Å². The molecule has 2 rings (SSSR count). The van der Waals surface area contributed by atoms with Crippen molar-refractivity contribution in [2.24, 2.45) is 5.41 Å². The molecule has 0 heterocycles. The summed E-state index contributed by atoms with van der Waals surface area (Å²) in [4.78, 5) is 0. The minimum Gasteiger partial charge on any atom is -0.508 e. The summed E-state index contributed by atoms with van der Waals surface area (Å²) in [5, 5.41) is 13.0. The molecule has 2 N–H and O–H groups in total. The Morgan fingerprint density at radius 1 is 1.38 bits per heavy atom. The molecule has 0 aliphatic heterocycles. The molecule has 2 atom stereocenters. The summed E-state index contributed by atoms with van der Waals surface area (Å²) >= 11 is 0. The molecule has 16 heavy (non-hydrogen) atoms. The number of rotatable bonds is 4. The van der Waals surface area contributed by atoms with E-state index in [9.17, 15) is 5.11 Å². The second kappa shape index (κ2) is 4.10. The highest BCUT2D eigenvalue weighted by molar-refractivity contribution is 5.28. The van der Waals surface area contributed by atoms with E-state index in [0.29, 0.717) is 23.2 Å². The van der Waals surface area contributed by atoms with Crippen molar-refractivity contribution in [3.05, 3.63) is 29.8 Å². The van der Waals surface area contributed by atoms with Crippen molar-refractivity contribution < 1.29 is 5.11 Å². The Balaban J connectivity index is 2.02. The van der Waals surface area contributed by atoms with Gasteiger partial charge in [0.15, 0.2) is 0 Å². The number of nitrogens with one attached hydrogen (secondary N) is 1. The molecule has 2 nitrogen and oxygen atoms in total. The highest BCUT2D eigenvalue weighted by Gasteiger charge is 2.46. The third-order valence-corrected chi connectivity index (χ3v) is 3.62. The first-order valence-electron chi connectivity index (χ1n) is 6.08. The first-order chi connectivity index (χ1) is 7.53. The molecule has 1 aliphatic carbocycles. The van der Waals surface area contributed by atoms with Crippen LogP contribution in [0.4, 0.5) is 0 Å². The van der Waals surface area contributed by atoms with E-state index in [2.05, 4.69) is 26.1 Å². The number of phenols is 1. The first-order valence-corrected chi connectivity index (χ1v) is 6.08. The minimum absolute atomic E-state index is 0.338. The fraction of sp³-hybridized carbons (Fsp3) is 0.571. The van der Waals surface area contributed by atoms with Crippen molar-refractivity contribution in [3.63, 3.8) is 0 Å². The smallest absolute Gasteiger partial charge is 0.115 e. The number of benzene rings is 1. The van der Waals surface area contributed by atoms with Crippen molar-refractivity contribution in [1.82, 2.24) is 5.32 Å². The fourth-order valence-electron chi connectivity index (χ4n) is 2.15. The molecular formula is C14H21NO. The van der Waals surface area contributed by atoms with Gasteiger partial charge >= 0.3 is 0 Å². The van der Waals surface area contributed by atoms with Gasteiger partial charge in [-0.1, -0.05) is 32.9 Å². The Labute approximate surface area is 97.7 Å². The first kappa shape index (κ1) is 11.5. The van der Waals surface area contributed by atoms with Gasteiger partial charge in [0.1, 0.15) is 5.75 Å². The Kier molecular flexibility index (Phi) is 2.94. The average Bonchev–Trinajstić information content (AvgIpc) is 2.84. The monoisotopic (exact) mass is 219 g/mol. The zero-order valence-corrected chi connectivity index (χ0v) is 10.3. The van der Waals surface area contributed by atoms with Crippen LogP contribution < -0.4 is 5.32 Å². The molecule has 0 bridgehead atoms. The number of hydrogen-bond donors (Lipinski definition) is 2. The lowest BCUT2D eigenvalue weighted by Crippen LogP contribution is -2.25. The van der Waals surface area contributed by atoms with Gasteiger partial charge in [0.2, 0.25) is 0 Å². The van der Waals surface area contributed by atoms with Crippen molar-refractivity contribution in [1.29, 1.82) is 0 Å². The summed E-state index contributed by atoms with van der Waals surface area (Å²) in [7, 11) is 0. The second-order valence-corrected chi connectivity index (χ2v) is 5.46. The van der Waals surface area contributed by atoms with Crippen LogP contribution in [0.1, 0.15) is 45.2 Å². The van der Waals surface area contributed by atoms with Gasteiger partial charge in [-0.05, 0) is 36.0 Å². The Bertz CT molecular complexity index is 356. The van der Waals surface area contributed by atoms with Gasteiger partial charge in [-0.2, -0.15) is 0 Å². The summed E-state index contributed by atoms with van der Waals surface area (Å²) in [6.45, 7) is 6.79. The van der Waals surface area contributed by atoms with Crippen LogP contribution in [-0.2, 0) is 0 Å². The lowest BCUT2D eigenvalue weighted by Gasteiger charge is -2.18. The summed E-state index contributed by atoms with van der Waals surface area (Å²) in [6.07, 6.45) is 2.35. The summed E-state index contributed by atoms with van der Waals surface area (Å²) < 4.78 is 0. The van der Waals surface area contributed by atoms with Gasteiger partial charge in [-0.3, -0.25) is 0 Å². The normalized spacial score (nSPS) is 24.1. The molecule has 0 amide bonds. The largest absolute Gasteiger partial charge is 0.508 e. The quantitative estimate of drug-likeness (QED) is 0.815. The maximum atomic E-state index is 9.27. The number of phenolic OH excluding ortho intramolecular Hbond substituents is 1. The molecule has 0 spiro atoms. The van der Waals surface area contributed by atoms with Crippen molar-refractivity contribution in [3.8, 4) is 5.75 Å². The highest BCUT2D eigenvalue weighted by atomic mass is 16.3. The number of aromatic hydroxyl groups is 1. The SMILES string of the molecule is CCC(NC1CC1(C)C)c1ccc(O)cc1. The van der Waals surface area contributed by atoms with E-state index in [4.69, 9.17) is 0 Å². The van der Waals surface area contributed by atoms with E-state index in [1.54, 1.807) is 12.1 Å². The third kappa shape index (κ3) is 2.38. The van der Waals surface area contributed by atoms with E-state index in [1.807, 2.05) is 12.1 Å². The fourth-order valence-corrected chi connectivity index (χ4v) is 2.15. The van der Waals surface area contributed by atoms with E-state index >= 15 is 0 Å². The molecule has 88 valence electrons. The van der Waals surface area contributed by atoms with Gasteiger partial charge in [0.25, 0.3) is 0 Å². The predicted molar refractivity (Wildman–Crippen MR) is 66.5 cm³/mol. The summed E-state index contributed by atoms with van der Waals surface area (Å²) in [6, 6.07) is 8.59. The maximum Gasteiger partial charge on any atom is 0.115 e. The lowest BCUT2D eigenvalue weighted by molar-refractivity contribution is 0.457. The van der Waals surface area contributed by atoms with Gasteiger partial charge in [0.05, 0.1) is 0 Å². The van der Waals surface area contributed by atoms with Crippen LogP contribution in [-0.4, -0.2) is 11.1 Å². The predicted octanol–water partition coefficient (Wildman–Crippen LogP) is 3.23. The van der Waals surface area contributed by atoms with Gasteiger partial charge < -0.3 is 10.4 Å². The third-order valence-electron chi connectivity index (χ3n) is 3.62. The van der Waals surface area contributed by atoms with Crippen molar-refractivity contribution in [2.75, 3.05) is 0 Å². The standard InChI is InChI=1S/C14H21NO/c1-4-12(15-13-9-14(13,2)3)10-5-7-11(16)8-6-10/h5-8,12-13,15-16H,4,9H2,1-3H3. The van der Waals surface area contributed by atoms with E-state index in [-0.39, 0.29) is 0 Å². The molecule has 1 aromatic rings. The van der Waals surface area contributed by atoms with Crippen LogP contribution in [0.5, 0.6) is 5.75 Å². The molecule has 0 radical (unpaired) electrons. The van der Waals surface area contributed by atoms with E-state index < -0.39 is 0 Å². The molecule has 0 saturated heterocycles. The summed E-state index contributed by atoms with van der Waals surface area (Å²) in [5.74, 6) is 0.338. The zero-order chi connectivity index (χ0) is 11.8. The Morgan fingerprint density at radius 2 is 1.94 bits per heavy atom. The number of hydrogen-bond acceptors (Lipinski definition) is 2. The second-order valence-electron chi connectivity index (χ2n) is 5.46. The van der Waals surface area contributed by atoms with Crippen LogP contribution in [0, 0.1) is 5.41 Å². The van der Waals surface area contributed by atoms with Crippen LogP contribution in [0.25, 0.3) is 0 Å². The van der Waals surface area contributed by atoms with Crippen molar-refractivity contribution >= 4 is 0 Å². The molecular weight excluding hydrogens is 198 g/mol. The van der Waals surface area contributed by atoms with Gasteiger partial charge in [0, 0.05) is 12.1 Å². The Morgan fingerprint density at radius 3 is 2.38 bits per heavy atom. The zero-order valence-electron chi connectivity index (χ0n) is 10.3. The minimum atomic E-state index is 0.338. The summed E-state index contributed by atoms with van der Waals surface area (Å²) in [5.41, 5.74) is 1.73. The molecule has 1 fully saturated rings. The molecule has 2 heteroatoms. The van der Waals surface area contributed by atoms with Crippen LogP contribution in [0.3, 0.4) is 0 Å². The maximum absolute atomic E-state index is 9.27.